The summed E-state index contributed by atoms with van der Waals surface area (Å²) in [4.78, 5) is 4.14. The zero-order valence-corrected chi connectivity index (χ0v) is 11.7. The van der Waals surface area contributed by atoms with Crippen molar-refractivity contribution in [1.82, 2.24) is 10.3 Å². The van der Waals surface area contributed by atoms with Crippen LogP contribution in [0.4, 0.5) is 0 Å². The van der Waals surface area contributed by atoms with Crippen LogP contribution < -0.4 is 5.32 Å². The molecule has 0 saturated carbocycles. The molecular weight excluding hydrogens is 300 g/mol. The summed E-state index contributed by atoms with van der Waals surface area (Å²) in [5.41, 5.74) is 2.27. The lowest BCUT2D eigenvalue weighted by Crippen LogP contribution is -2.18. The van der Waals surface area contributed by atoms with Gasteiger partial charge in [-0.15, -0.1) is 0 Å². The standard InChI is InChI=1S/C13H12BrClN2/c1-16-13(9-3-2-6-17-8-9)11-5-4-10(15)7-12(11)14/h2-8,13,16H,1H3. The van der Waals surface area contributed by atoms with E-state index in [0.29, 0.717) is 0 Å². The fourth-order valence-corrected chi connectivity index (χ4v) is 2.70. The van der Waals surface area contributed by atoms with Crippen LogP contribution in [-0.4, -0.2) is 12.0 Å². The van der Waals surface area contributed by atoms with Crippen molar-refractivity contribution in [2.45, 2.75) is 6.04 Å². The second-order valence-corrected chi connectivity index (χ2v) is 4.96. The van der Waals surface area contributed by atoms with Gasteiger partial charge < -0.3 is 5.32 Å². The third kappa shape index (κ3) is 2.86. The van der Waals surface area contributed by atoms with Gasteiger partial charge in [0.1, 0.15) is 0 Å². The van der Waals surface area contributed by atoms with Crippen LogP contribution >= 0.6 is 27.5 Å². The second kappa shape index (κ2) is 5.63. The highest BCUT2D eigenvalue weighted by Crippen LogP contribution is 2.30. The van der Waals surface area contributed by atoms with E-state index in [2.05, 4.69) is 32.3 Å². The Labute approximate surface area is 114 Å². The first-order valence-corrected chi connectivity index (χ1v) is 6.41. The molecule has 0 saturated heterocycles. The third-order valence-electron chi connectivity index (χ3n) is 2.58. The molecule has 1 heterocycles. The summed E-state index contributed by atoms with van der Waals surface area (Å²) in [6.07, 6.45) is 3.63. The smallest absolute Gasteiger partial charge is 0.0600 e. The minimum atomic E-state index is 0.107. The molecule has 0 aliphatic heterocycles. The lowest BCUT2D eigenvalue weighted by atomic mass is 10.0. The van der Waals surface area contributed by atoms with E-state index < -0.39 is 0 Å². The van der Waals surface area contributed by atoms with Gasteiger partial charge >= 0.3 is 0 Å². The average Bonchev–Trinajstić information content (AvgIpc) is 2.34. The minimum Gasteiger partial charge on any atom is -0.309 e. The SMILES string of the molecule is CNC(c1cccnc1)c1ccc(Cl)cc1Br. The van der Waals surface area contributed by atoms with Gasteiger partial charge in [0.25, 0.3) is 0 Å². The summed E-state index contributed by atoms with van der Waals surface area (Å²) < 4.78 is 0.994. The van der Waals surface area contributed by atoms with Crippen LogP contribution in [0.5, 0.6) is 0 Å². The van der Waals surface area contributed by atoms with E-state index in [0.717, 1.165) is 20.6 Å². The molecule has 0 fully saturated rings. The molecule has 0 aliphatic rings. The predicted octanol–water partition coefficient (Wildman–Crippen LogP) is 3.81. The van der Waals surface area contributed by atoms with Crippen LogP contribution in [0.15, 0.2) is 47.2 Å². The number of pyridine rings is 1. The zero-order chi connectivity index (χ0) is 12.3. The van der Waals surface area contributed by atoms with Gasteiger partial charge in [-0.25, -0.2) is 0 Å². The summed E-state index contributed by atoms with van der Waals surface area (Å²) in [7, 11) is 1.93. The quantitative estimate of drug-likeness (QED) is 0.932. The molecule has 0 spiro atoms. The topological polar surface area (TPSA) is 24.9 Å². The number of nitrogens with one attached hydrogen (secondary N) is 1. The number of halogens is 2. The first kappa shape index (κ1) is 12.6. The lowest BCUT2D eigenvalue weighted by Gasteiger charge is -2.18. The molecule has 4 heteroatoms. The Balaban J connectivity index is 2.42. The zero-order valence-electron chi connectivity index (χ0n) is 9.32. The van der Waals surface area contributed by atoms with Crippen LogP contribution in [-0.2, 0) is 0 Å². The van der Waals surface area contributed by atoms with Crippen molar-refractivity contribution in [3.8, 4) is 0 Å². The lowest BCUT2D eigenvalue weighted by molar-refractivity contribution is 0.686. The Bertz CT molecular complexity index is 502. The Kier molecular flexibility index (Phi) is 4.15. The Morgan fingerprint density at radius 1 is 1.35 bits per heavy atom. The predicted molar refractivity (Wildman–Crippen MR) is 74.3 cm³/mol. The molecule has 1 atom stereocenters. The van der Waals surface area contributed by atoms with Gasteiger partial charge in [0, 0.05) is 21.9 Å². The number of rotatable bonds is 3. The van der Waals surface area contributed by atoms with Crippen molar-refractivity contribution in [1.29, 1.82) is 0 Å². The van der Waals surface area contributed by atoms with E-state index in [1.54, 1.807) is 6.20 Å². The molecule has 0 bridgehead atoms. The van der Waals surface area contributed by atoms with Crippen LogP contribution in [0.1, 0.15) is 17.2 Å². The summed E-state index contributed by atoms with van der Waals surface area (Å²) >= 11 is 9.49. The molecular formula is C13H12BrClN2. The molecule has 1 unspecified atom stereocenters. The number of hydrogen-bond acceptors (Lipinski definition) is 2. The van der Waals surface area contributed by atoms with Gasteiger partial charge in [-0.1, -0.05) is 39.7 Å². The van der Waals surface area contributed by atoms with Crippen LogP contribution in [0, 0.1) is 0 Å². The van der Waals surface area contributed by atoms with E-state index in [1.807, 2.05) is 37.5 Å². The largest absolute Gasteiger partial charge is 0.309 e. The van der Waals surface area contributed by atoms with Crippen molar-refractivity contribution < 1.29 is 0 Å². The Morgan fingerprint density at radius 3 is 2.76 bits per heavy atom. The summed E-state index contributed by atoms with van der Waals surface area (Å²) in [6, 6.07) is 9.90. The molecule has 2 rings (SSSR count). The molecule has 17 heavy (non-hydrogen) atoms. The first-order valence-electron chi connectivity index (χ1n) is 5.24. The summed E-state index contributed by atoms with van der Waals surface area (Å²) in [5.74, 6) is 0. The maximum atomic E-state index is 5.95. The van der Waals surface area contributed by atoms with E-state index in [-0.39, 0.29) is 6.04 Å². The van der Waals surface area contributed by atoms with E-state index in [9.17, 15) is 0 Å². The van der Waals surface area contributed by atoms with Crippen LogP contribution in [0.25, 0.3) is 0 Å². The van der Waals surface area contributed by atoms with Crippen LogP contribution in [0.3, 0.4) is 0 Å². The highest BCUT2D eigenvalue weighted by molar-refractivity contribution is 9.10. The van der Waals surface area contributed by atoms with Crippen molar-refractivity contribution in [2.24, 2.45) is 0 Å². The van der Waals surface area contributed by atoms with Gasteiger partial charge in [0.15, 0.2) is 0 Å². The number of aromatic nitrogens is 1. The maximum Gasteiger partial charge on any atom is 0.0600 e. The average molecular weight is 312 g/mol. The summed E-state index contributed by atoms with van der Waals surface area (Å²) in [6.45, 7) is 0. The van der Waals surface area contributed by atoms with Gasteiger partial charge in [0.05, 0.1) is 6.04 Å². The number of benzene rings is 1. The summed E-state index contributed by atoms with van der Waals surface area (Å²) in [5, 5.41) is 4.01. The molecule has 2 nitrogen and oxygen atoms in total. The number of nitrogens with zero attached hydrogens (tertiary/aromatic N) is 1. The minimum absolute atomic E-state index is 0.107. The molecule has 1 aromatic heterocycles. The fourth-order valence-electron chi connectivity index (χ4n) is 1.78. The van der Waals surface area contributed by atoms with Gasteiger partial charge in [0.2, 0.25) is 0 Å². The molecule has 1 aromatic carbocycles. The van der Waals surface area contributed by atoms with Crippen molar-refractivity contribution in [3.63, 3.8) is 0 Å². The Morgan fingerprint density at radius 2 is 2.18 bits per heavy atom. The van der Waals surface area contributed by atoms with Gasteiger partial charge in [-0.2, -0.15) is 0 Å². The van der Waals surface area contributed by atoms with Crippen molar-refractivity contribution in [3.05, 3.63) is 63.3 Å². The molecule has 0 amide bonds. The van der Waals surface area contributed by atoms with Crippen molar-refractivity contribution in [2.75, 3.05) is 7.05 Å². The maximum absolute atomic E-state index is 5.95. The monoisotopic (exact) mass is 310 g/mol. The normalized spacial score (nSPS) is 12.4. The van der Waals surface area contributed by atoms with Gasteiger partial charge in [-0.3, -0.25) is 4.98 Å². The first-order chi connectivity index (χ1) is 8.22. The highest BCUT2D eigenvalue weighted by atomic mass is 79.9. The number of hydrogen-bond donors (Lipinski definition) is 1. The van der Waals surface area contributed by atoms with E-state index in [4.69, 9.17) is 11.6 Å². The van der Waals surface area contributed by atoms with Crippen molar-refractivity contribution >= 4 is 27.5 Å². The molecule has 0 radical (unpaired) electrons. The molecule has 88 valence electrons. The third-order valence-corrected chi connectivity index (χ3v) is 3.50. The van der Waals surface area contributed by atoms with E-state index in [1.165, 1.54) is 0 Å². The van der Waals surface area contributed by atoms with E-state index >= 15 is 0 Å². The molecule has 0 aliphatic carbocycles. The second-order valence-electron chi connectivity index (χ2n) is 3.67. The van der Waals surface area contributed by atoms with Gasteiger partial charge in [-0.05, 0) is 36.4 Å². The molecule has 2 aromatic rings. The fraction of sp³-hybridized carbons (Fsp3) is 0.154. The Hall–Kier alpha value is -0.900. The molecule has 1 N–H and O–H groups in total. The van der Waals surface area contributed by atoms with Crippen LogP contribution in [0.2, 0.25) is 5.02 Å². The highest BCUT2D eigenvalue weighted by Gasteiger charge is 2.14.